The van der Waals surface area contributed by atoms with E-state index in [1.807, 2.05) is 0 Å². The fourth-order valence-electron chi connectivity index (χ4n) is 0.650. The van der Waals surface area contributed by atoms with Gasteiger partial charge in [0.25, 0.3) is 0 Å². The minimum atomic E-state index is -0.0261. The lowest BCUT2D eigenvalue weighted by Crippen LogP contribution is -2.17. The number of hydrogen-bond donors (Lipinski definition) is 1. The normalized spacial score (nSPS) is 8.82. The first-order valence-corrected chi connectivity index (χ1v) is 3.56. The van der Waals surface area contributed by atoms with Crippen molar-refractivity contribution in [3.8, 4) is 0 Å². The van der Waals surface area contributed by atoms with Gasteiger partial charge in [0.15, 0.2) is 5.78 Å². The molecule has 0 atom stereocenters. The van der Waals surface area contributed by atoms with Crippen LogP contribution in [0.15, 0.2) is 12.7 Å². The maximum atomic E-state index is 10.6. The summed E-state index contributed by atoms with van der Waals surface area (Å²) in [5, 5.41) is 2.48. The molecule has 0 fully saturated rings. The molecule has 0 aliphatic heterocycles. The molecule has 62 valence electrons. The van der Waals surface area contributed by atoms with Gasteiger partial charge in [-0.05, 0) is 12.5 Å². The standard InChI is InChI=1S/C8H13NO2/c1-3-7(10)5-4-6-8(11)9-2/h3H,1,4-6H2,2H3,(H,9,11). The highest BCUT2D eigenvalue weighted by molar-refractivity contribution is 5.89. The Kier molecular flexibility index (Phi) is 5.07. The average molecular weight is 155 g/mol. The lowest BCUT2D eigenvalue weighted by molar-refractivity contribution is -0.120. The van der Waals surface area contributed by atoms with Gasteiger partial charge >= 0.3 is 0 Å². The Bertz CT molecular complexity index is 163. The smallest absolute Gasteiger partial charge is 0.219 e. The van der Waals surface area contributed by atoms with Crippen molar-refractivity contribution in [2.24, 2.45) is 0 Å². The van der Waals surface area contributed by atoms with Gasteiger partial charge in [-0.25, -0.2) is 0 Å². The summed E-state index contributed by atoms with van der Waals surface area (Å²) in [4.78, 5) is 21.3. The number of ketones is 1. The molecule has 3 heteroatoms. The van der Waals surface area contributed by atoms with E-state index in [-0.39, 0.29) is 11.7 Å². The van der Waals surface area contributed by atoms with Crippen LogP contribution in [0.5, 0.6) is 0 Å². The van der Waals surface area contributed by atoms with Crippen LogP contribution in [0.2, 0.25) is 0 Å². The average Bonchev–Trinajstić information content (AvgIpc) is 2.04. The molecule has 0 radical (unpaired) electrons. The topological polar surface area (TPSA) is 46.2 Å². The Morgan fingerprint density at radius 3 is 2.55 bits per heavy atom. The van der Waals surface area contributed by atoms with E-state index in [2.05, 4.69) is 11.9 Å². The number of allylic oxidation sites excluding steroid dienone is 1. The number of amides is 1. The number of carbonyl (C=O) groups is 2. The van der Waals surface area contributed by atoms with Crippen molar-refractivity contribution >= 4 is 11.7 Å². The molecular formula is C8H13NO2. The fourth-order valence-corrected chi connectivity index (χ4v) is 0.650. The van der Waals surface area contributed by atoms with Gasteiger partial charge in [-0.2, -0.15) is 0 Å². The Balaban J connectivity index is 3.34. The Hall–Kier alpha value is -1.12. The molecule has 0 aromatic heterocycles. The van der Waals surface area contributed by atoms with Crippen molar-refractivity contribution in [2.75, 3.05) is 7.05 Å². The molecule has 3 nitrogen and oxygen atoms in total. The van der Waals surface area contributed by atoms with E-state index in [0.717, 1.165) is 0 Å². The van der Waals surface area contributed by atoms with E-state index in [0.29, 0.717) is 19.3 Å². The van der Waals surface area contributed by atoms with Crippen molar-refractivity contribution < 1.29 is 9.59 Å². The quantitative estimate of drug-likeness (QED) is 0.593. The Labute approximate surface area is 66.5 Å². The third kappa shape index (κ3) is 5.33. The van der Waals surface area contributed by atoms with E-state index in [4.69, 9.17) is 0 Å². The molecule has 1 amide bonds. The highest BCUT2D eigenvalue weighted by atomic mass is 16.1. The summed E-state index contributed by atoms with van der Waals surface area (Å²) in [6, 6.07) is 0. The molecule has 0 aromatic rings. The predicted molar refractivity (Wildman–Crippen MR) is 43.1 cm³/mol. The highest BCUT2D eigenvalue weighted by Crippen LogP contribution is 1.96. The van der Waals surface area contributed by atoms with E-state index >= 15 is 0 Å². The molecule has 11 heavy (non-hydrogen) atoms. The zero-order valence-corrected chi connectivity index (χ0v) is 6.72. The second kappa shape index (κ2) is 5.65. The van der Waals surface area contributed by atoms with Crippen molar-refractivity contribution in [2.45, 2.75) is 19.3 Å². The number of nitrogens with one attached hydrogen (secondary N) is 1. The minimum absolute atomic E-state index is 0.00565. The maximum absolute atomic E-state index is 10.6. The summed E-state index contributed by atoms with van der Waals surface area (Å²) in [7, 11) is 1.58. The summed E-state index contributed by atoms with van der Waals surface area (Å²) < 4.78 is 0. The molecule has 0 unspecified atom stereocenters. The lowest BCUT2D eigenvalue weighted by Gasteiger charge is -1.96. The van der Waals surface area contributed by atoms with Crippen molar-refractivity contribution in [3.63, 3.8) is 0 Å². The first-order valence-electron chi connectivity index (χ1n) is 3.56. The van der Waals surface area contributed by atoms with Gasteiger partial charge in [-0.1, -0.05) is 6.58 Å². The highest BCUT2D eigenvalue weighted by Gasteiger charge is 1.99. The van der Waals surface area contributed by atoms with Gasteiger partial charge in [0.1, 0.15) is 0 Å². The van der Waals surface area contributed by atoms with Gasteiger partial charge in [0.05, 0.1) is 0 Å². The van der Waals surface area contributed by atoms with Gasteiger partial charge in [-0.3, -0.25) is 9.59 Å². The van der Waals surface area contributed by atoms with Gasteiger partial charge in [0.2, 0.25) is 5.91 Å². The van der Waals surface area contributed by atoms with Gasteiger partial charge in [-0.15, -0.1) is 0 Å². The molecule has 0 bridgehead atoms. The van der Waals surface area contributed by atoms with Crippen LogP contribution in [-0.2, 0) is 9.59 Å². The monoisotopic (exact) mass is 155 g/mol. The molecule has 0 saturated heterocycles. The summed E-state index contributed by atoms with van der Waals surface area (Å²) >= 11 is 0. The van der Waals surface area contributed by atoms with Crippen LogP contribution in [0.25, 0.3) is 0 Å². The van der Waals surface area contributed by atoms with Crippen LogP contribution in [0.4, 0.5) is 0 Å². The van der Waals surface area contributed by atoms with Gasteiger partial charge < -0.3 is 5.32 Å². The summed E-state index contributed by atoms with van der Waals surface area (Å²) in [5.74, 6) is -0.0317. The Morgan fingerprint density at radius 1 is 1.45 bits per heavy atom. The number of rotatable bonds is 5. The van der Waals surface area contributed by atoms with Crippen LogP contribution in [0.3, 0.4) is 0 Å². The van der Waals surface area contributed by atoms with Crippen LogP contribution < -0.4 is 5.32 Å². The molecule has 0 saturated carbocycles. The predicted octanol–water partition coefficient (Wildman–Crippen LogP) is 0.658. The van der Waals surface area contributed by atoms with Crippen molar-refractivity contribution in [1.82, 2.24) is 5.32 Å². The first kappa shape index (κ1) is 9.88. The van der Waals surface area contributed by atoms with Crippen LogP contribution in [0.1, 0.15) is 19.3 Å². The first-order chi connectivity index (χ1) is 5.20. The van der Waals surface area contributed by atoms with Crippen molar-refractivity contribution in [1.29, 1.82) is 0 Å². The fraction of sp³-hybridized carbons (Fsp3) is 0.500. The second-order valence-corrected chi connectivity index (χ2v) is 2.20. The molecule has 0 aromatic carbocycles. The molecular weight excluding hydrogens is 142 g/mol. The third-order valence-corrected chi connectivity index (χ3v) is 1.33. The molecule has 0 aliphatic carbocycles. The summed E-state index contributed by atoms with van der Waals surface area (Å²) in [6.45, 7) is 3.33. The zero-order chi connectivity index (χ0) is 8.69. The number of hydrogen-bond acceptors (Lipinski definition) is 2. The van der Waals surface area contributed by atoms with E-state index in [1.54, 1.807) is 7.05 Å². The summed E-state index contributed by atoms with van der Waals surface area (Å²) in [6.07, 6.45) is 2.71. The van der Waals surface area contributed by atoms with Crippen LogP contribution in [0, 0.1) is 0 Å². The molecule has 0 heterocycles. The molecule has 1 N–H and O–H groups in total. The van der Waals surface area contributed by atoms with Crippen molar-refractivity contribution in [3.05, 3.63) is 12.7 Å². The second-order valence-electron chi connectivity index (χ2n) is 2.20. The van der Waals surface area contributed by atoms with E-state index in [9.17, 15) is 9.59 Å². The SMILES string of the molecule is C=CC(=O)CCCC(=O)NC. The third-order valence-electron chi connectivity index (χ3n) is 1.33. The summed E-state index contributed by atoms with van der Waals surface area (Å²) in [5.41, 5.74) is 0. The minimum Gasteiger partial charge on any atom is -0.359 e. The zero-order valence-electron chi connectivity index (χ0n) is 6.72. The number of carbonyl (C=O) groups excluding carboxylic acids is 2. The van der Waals surface area contributed by atoms with Crippen LogP contribution >= 0.6 is 0 Å². The van der Waals surface area contributed by atoms with Gasteiger partial charge in [0, 0.05) is 19.9 Å². The van der Waals surface area contributed by atoms with E-state index < -0.39 is 0 Å². The van der Waals surface area contributed by atoms with Crippen LogP contribution in [-0.4, -0.2) is 18.7 Å². The molecule has 0 rings (SSSR count). The molecule has 0 spiro atoms. The maximum Gasteiger partial charge on any atom is 0.219 e. The molecule has 0 aliphatic rings. The van der Waals surface area contributed by atoms with E-state index in [1.165, 1.54) is 6.08 Å². The largest absolute Gasteiger partial charge is 0.359 e. The lowest BCUT2D eigenvalue weighted by atomic mass is 10.2. The Morgan fingerprint density at radius 2 is 2.09 bits per heavy atom.